The highest BCUT2D eigenvalue weighted by atomic mass is 32.2. The standard InChI is InChI=1S/C12H14N2O3S/c13-12(15)11-10(18(16)17)6-7-14(11)8-9-4-2-1-3-5-9/h1-5,11H,6-8H2,(H2,13,15). The number of hydrogen-bond acceptors (Lipinski definition) is 4. The van der Waals surface area contributed by atoms with E-state index in [4.69, 9.17) is 5.73 Å². The molecule has 2 N–H and O–H groups in total. The minimum Gasteiger partial charge on any atom is -0.368 e. The Morgan fingerprint density at radius 3 is 2.56 bits per heavy atom. The van der Waals surface area contributed by atoms with Crippen LogP contribution >= 0.6 is 0 Å². The number of primary amides is 1. The van der Waals surface area contributed by atoms with Gasteiger partial charge in [0.15, 0.2) is 0 Å². The van der Waals surface area contributed by atoms with Gasteiger partial charge in [0.1, 0.15) is 6.04 Å². The lowest BCUT2D eigenvalue weighted by molar-refractivity contribution is -0.120. The third-order valence-electron chi connectivity index (χ3n) is 3.03. The van der Waals surface area contributed by atoms with Crippen LogP contribution in [0.4, 0.5) is 0 Å². The Kier molecular flexibility index (Phi) is 3.78. The number of nitrogens with zero attached hydrogens (tertiary/aromatic N) is 1. The first-order valence-corrected chi connectivity index (χ1v) is 6.69. The van der Waals surface area contributed by atoms with Crippen LogP contribution in [0.1, 0.15) is 12.0 Å². The van der Waals surface area contributed by atoms with Crippen molar-refractivity contribution in [3.05, 3.63) is 35.9 Å². The first kappa shape index (κ1) is 12.8. The van der Waals surface area contributed by atoms with Crippen molar-refractivity contribution in [1.82, 2.24) is 4.90 Å². The maximum Gasteiger partial charge on any atom is 0.240 e. The molecule has 0 aliphatic carbocycles. The zero-order valence-corrected chi connectivity index (χ0v) is 10.6. The summed E-state index contributed by atoms with van der Waals surface area (Å²) in [5.74, 6) is -0.609. The van der Waals surface area contributed by atoms with Gasteiger partial charge in [-0.15, -0.1) is 0 Å². The highest BCUT2D eigenvalue weighted by Crippen LogP contribution is 2.17. The number of carbonyl (C=O) groups excluding carboxylic acids is 1. The van der Waals surface area contributed by atoms with Crippen molar-refractivity contribution in [1.29, 1.82) is 0 Å². The predicted molar refractivity (Wildman–Crippen MR) is 68.4 cm³/mol. The van der Waals surface area contributed by atoms with Gasteiger partial charge in [-0.3, -0.25) is 9.69 Å². The van der Waals surface area contributed by atoms with Gasteiger partial charge in [-0.25, -0.2) is 0 Å². The first-order valence-electron chi connectivity index (χ1n) is 5.62. The fourth-order valence-electron chi connectivity index (χ4n) is 2.22. The van der Waals surface area contributed by atoms with Gasteiger partial charge >= 0.3 is 0 Å². The second-order valence-corrected chi connectivity index (χ2v) is 5.21. The van der Waals surface area contributed by atoms with Gasteiger partial charge < -0.3 is 5.73 Å². The molecule has 1 fully saturated rings. The normalized spacial score (nSPS) is 20.0. The van der Waals surface area contributed by atoms with Gasteiger partial charge in [-0.1, -0.05) is 30.3 Å². The van der Waals surface area contributed by atoms with Gasteiger partial charge in [0, 0.05) is 13.1 Å². The monoisotopic (exact) mass is 266 g/mol. The summed E-state index contributed by atoms with van der Waals surface area (Å²) < 4.78 is 22.1. The fraction of sp³-hybridized carbons (Fsp3) is 0.333. The summed E-state index contributed by atoms with van der Waals surface area (Å²) in [6.07, 6.45) is 0.372. The van der Waals surface area contributed by atoms with Crippen LogP contribution in [0.15, 0.2) is 30.3 Å². The lowest BCUT2D eigenvalue weighted by Crippen LogP contribution is -2.43. The molecule has 1 saturated heterocycles. The zero-order valence-electron chi connectivity index (χ0n) is 9.74. The van der Waals surface area contributed by atoms with Gasteiger partial charge in [0.25, 0.3) is 0 Å². The molecule has 0 spiro atoms. The van der Waals surface area contributed by atoms with Crippen molar-refractivity contribution in [2.24, 2.45) is 5.73 Å². The second kappa shape index (κ2) is 5.32. The molecular formula is C12H14N2O3S. The van der Waals surface area contributed by atoms with E-state index in [9.17, 15) is 13.2 Å². The molecule has 1 aromatic carbocycles. The number of benzene rings is 1. The van der Waals surface area contributed by atoms with Crippen molar-refractivity contribution >= 4 is 21.1 Å². The molecular weight excluding hydrogens is 252 g/mol. The van der Waals surface area contributed by atoms with E-state index in [1.807, 2.05) is 30.3 Å². The highest BCUT2D eigenvalue weighted by Gasteiger charge is 2.35. The third-order valence-corrected chi connectivity index (χ3v) is 3.88. The Bertz CT molecular complexity index is 573. The molecule has 1 aromatic rings. The van der Waals surface area contributed by atoms with Crippen molar-refractivity contribution in [2.75, 3.05) is 6.54 Å². The number of carbonyl (C=O) groups is 1. The molecule has 0 bridgehead atoms. The number of hydrogen-bond donors (Lipinski definition) is 1. The van der Waals surface area contributed by atoms with Crippen LogP contribution in [-0.4, -0.2) is 36.7 Å². The molecule has 1 aliphatic rings. The van der Waals surface area contributed by atoms with E-state index < -0.39 is 22.2 Å². The number of rotatable bonds is 3. The second-order valence-electron chi connectivity index (χ2n) is 4.21. The molecule has 1 atom stereocenters. The minimum atomic E-state index is -2.35. The Hall–Kier alpha value is -1.66. The van der Waals surface area contributed by atoms with E-state index in [1.165, 1.54) is 0 Å². The van der Waals surface area contributed by atoms with Crippen molar-refractivity contribution < 1.29 is 13.2 Å². The topological polar surface area (TPSA) is 80.5 Å². The van der Waals surface area contributed by atoms with Gasteiger partial charge in [0.05, 0.1) is 4.86 Å². The molecule has 0 aromatic heterocycles. The predicted octanol–water partition coefficient (Wildman–Crippen LogP) is -0.202. The quantitative estimate of drug-likeness (QED) is 0.768. The summed E-state index contributed by atoms with van der Waals surface area (Å²) in [4.78, 5) is 13.4. The van der Waals surface area contributed by atoms with E-state index in [1.54, 1.807) is 4.90 Å². The molecule has 1 amide bonds. The van der Waals surface area contributed by atoms with Crippen LogP contribution in [-0.2, 0) is 21.6 Å². The van der Waals surface area contributed by atoms with E-state index in [2.05, 4.69) is 0 Å². The maximum atomic E-state index is 11.4. The Morgan fingerprint density at radius 2 is 2.00 bits per heavy atom. The number of likely N-dealkylation sites (tertiary alicyclic amines) is 1. The van der Waals surface area contributed by atoms with Gasteiger partial charge in [0.2, 0.25) is 16.2 Å². The van der Waals surface area contributed by atoms with Crippen molar-refractivity contribution in [2.45, 2.75) is 19.0 Å². The number of nitrogens with two attached hydrogens (primary N) is 1. The van der Waals surface area contributed by atoms with Crippen LogP contribution in [0.3, 0.4) is 0 Å². The van der Waals surface area contributed by atoms with E-state index >= 15 is 0 Å². The summed E-state index contributed by atoms with van der Waals surface area (Å²) in [7, 11) is -2.35. The first-order chi connectivity index (χ1) is 8.59. The lowest BCUT2D eigenvalue weighted by Gasteiger charge is -2.21. The largest absolute Gasteiger partial charge is 0.368 e. The molecule has 1 aliphatic heterocycles. The van der Waals surface area contributed by atoms with Crippen LogP contribution < -0.4 is 5.73 Å². The molecule has 1 heterocycles. The van der Waals surface area contributed by atoms with E-state index in [0.717, 1.165) is 5.56 Å². The summed E-state index contributed by atoms with van der Waals surface area (Å²) in [5, 5.41) is 0. The maximum absolute atomic E-state index is 11.4. The van der Waals surface area contributed by atoms with Crippen molar-refractivity contribution in [3.8, 4) is 0 Å². The van der Waals surface area contributed by atoms with Gasteiger partial charge in [-0.2, -0.15) is 8.42 Å². The number of amides is 1. The van der Waals surface area contributed by atoms with Crippen LogP contribution in [0.5, 0.6) is 0 Å². The Labute approximate surface area is 107 Å². The molecule has 96 valence electrons. The molecule has 2 rings (SSSR count). The Morgan fingerprint density at radius 1 is 1.33 bits per heavy atom. The fourth-order valence-corrected chi connectivity index (χ4v) is 2.93. The Balaban J connectivity index is 2.25. The summed E-state index contributed by atoms with van der Waals surface area (Å²) >= 11 is 0. The zero-order chi connectivity index (χ0) is 13.1. The molecule has 1 unspecified atom stereocenters. The average Bonchev–Trinajstić information content (AvgIpc) is 2.74. The highest BCUT2D eigenvalue weighted by molar-refractivity contribution is 7.73. The SMILES string of the molecule is NC(=O)C1C(=S(=O)=O)CCN1Cc1ccccc1. The molecule has 0 radical (unpaired) electrons. The van der Waals surface area contributed by atoms with E-state index in [0.29, 0.717) is 19.5 Å². The molecule has 0 saturated carbocycles. The van der Waals surface area contributed by atoms with Crippen LogP contribution in [0, 0.1) is 0 Å². The van der Waals surface area contributed by atoms with Crippen LogP contribution in [0.2, 0.25) is 0 Å². The summed E-state index contributed by atoms with van der Waals surface area (Å²) in [5.41, 5.74) is 6.32. The van der Waals surface area contributed by atoms with Crippen LogP contribution in [0.25, 0.3) is 0 Å². The molecule has 18 heavy (non-hydrogen) atoms. The third kappa shape index (κ3) is 2.60. The molecule has 6 heteroatoms. The smallest absolute Gasteiger partial charge is 0.240 e. The summed E-state index contributed by atoms with van der Waals surface area (Å²) in [6, 6.07) is 8.78. The molecule has 5 nitrogen and oxygen atoms in total. The summed E-state index contributed by atoms with van der Waals surface area (Å²) in [6.45, 7) is 1.06. The van der Waals surface area contributed by atoms with Crippen molar-refractivity contribution in [3.63, 3.8) is 0 Å². The van der Waals surface area contributed by atoms with E-state index in [-0.39, 0.29) is 4.86 Å². The average molecular weight is 266 g/mol. The minimum absolute atomic E-state index is 0.193. The van der Waals surface area contributed by atoms with Gasteiger partial charge in [-0.05, 0) is 12.0 Å². The lowest BCUT2D eigenvalue weighted by atomic mass is 10.2.